The summed E-state index contributed by atoms with van der Waals surface area (Å²) in [6.07, 6.45) is 0.117. The Morgan fingerprint density at radius 3 is 2.07 bits per heavy atom. The van der Waals surface area contributed by atoms with Gasteiger partial charge in [-0.25, -0.2) is 0 Å². The molecule has 0 radical (unpaired) electrons. The van der Waals surface area contributed by atoms with Gasteiger partial charge in [0.2, 0.25) is 5.75 Å². The van der Waals surface area contributed by atoms with Crippen LogP contribution in [0, 0.1) is 6.92 Å². The van der Waals surface area contributed by atoms with Gasteiger partial charge >= 0.3 is 0 Å². The first-order valence-electron chi connectivity index (χ1n) is 4.98. The van der Waals surface area contributed by atoms with Crippen molar-refractivity contribution < 1.29 is 14.2 Å². The molecule has 0 aliphatic rings. The van der Waals surface area contributed by atoms with Crippen LogP contribution >= 0.6 is 0 Å². The Morgan fingerprint density at radius 1 is 1.00 bits per heavy atom. The van der Waals surface area contributed by atoms with Crippen LogP contribution in [0.25, 0.3) is 0 Å². The van der Waals surface area contributed by atoms with E-state index in [0.29, 0.717) is 5.75 Å². The summed E-state index contributed by atoms with van der Waals surface area (Å²) in [7, 11) is 3.24. The third-order valence-electron chi connectivity index (χ3n) is 2.04. The summed E-state index contributed by atoms with van der Waals surface area (Å²) in [5.74, 6) is 2.11. The second-order valence-electron chi connectivity index (χ2n) is 3.61. The van der Waals surface area contributed by atoms with Crippen LogP contribution in [0.2, 0.25) is 0 Å². The van der Waals surface area contributed by atoms with Crippen molar-refractivity contribution >= 4 is 0 Å². The molecule has 0 spiro atoms. The first-order valence-corrected chi connectivity index (χ1v) is 4.98. The minimum atomic E-state index is 0.117. The molecule has 0 heterocycles. The largest absolute Gasteiger partial charge is 0.492 e. The zero-order valence-corrected chi connectivity index (χ0v) is 9.96. The lowest BCUT2D eigenvalue weighted by atomic mass is 10.2. The van der Waals surface area contributed by atoms with Crippen molar-refractivity contribution in [3.05, 3.63) is 17.7 Å². The molecule has 1 aromatic carbocycles. The molecule has 0 aromatic heterocycles. The summed E-state index contributed by atoms with van der Waals surface area (Å²) in [5.41, 5.74) is 1.03. The summed E-state index contributed by atoms with van der Waals surface area (Å²) < 4.78 is 16.2. The van der Waals surface area contributed by atoms with E-state index in [0.717, 1.165) is 17.1 Å². The van der Waals surface area contributed by atoms with Crippen LogP contribution in [0.5, 0.6) is 17.2 Å². The van der Waals surface area contributed by atoms with Crippen LogP contribution in [0.4, 0.5) is 0 Å². The maximum atomic E-state index is 5.63. The lowest BCUT2D eigenvalue weighted by Gasteiger charge is -2.17. The van der Waals surface area contributed by atoms with Gasteiger partial charge in [0.05, 0.1) is 20.3 Å². The monoisotopic (exact) mass is 210 g/mol. The van der Waals surface area contributed by atoms with Gasteiger partial charge in [0, 0.05) is 0 Å². The Hall–Kier alpha value is -1.38. The number of hydrogen-bond acceptors (Lipinski definition) is 3. The van der Waals surface area contributed by atoms with E-state index in [-0.39, 0.29) is 6.10 Å². The highest BCUT2D eigenvalue weighted by Gasteiger charge is 2.14. The normalized spacial score (nSPS) is 10.3. The van der Waals surface area contributed by atoms with Crippen LogP contribution in [-0.2, 0) is 0 Å². The molecule has 0 aliphatic heterocycles. The lowest BCUT2D eigenvalue weighted by Crippen LogP contribution is -2.07. The summed E-state index contributed by atoms with van der Waals surface area (Å²) in [6, 6.07) is 3.86. The van der Waals surface area contributed by atoms with Crippen molar-refractivity contribution in [3.63, 3.8) is 0 Å². The molecule has 0 atom stereocenters. The van der Waals surface area contributed by atoms with Crippen LogP contribution < -0.4 is 14.2 Å². The van der Waals surface area contributed by atoms with Crippen LogP contribution in [-0.4, -0.2) is 20.3 Å². The molecule has 0 unspecified atom stereocenters. The third kappa shape index (κ3) is 2.55. The van der Waals surface area contributed by atoms with E-state index in [1.165, 1.54) is 0 Å². The van der Waals surface area contributed by atoms with Crippen LogP contribution in [0.3, 0.4) is 0 Å². The van der Waals surface area contributed by atoms with Gasteiger partial charge in [0.1, 0.15) is 0 Å². The summed E-state index contributed by atoms with van der Waals surface area (Å²) in [5, 5.41) is 0. The van der Waals surface area contributed by atoms with Gasteiger partial charge in [-0.2, -0.15) is 0 Å². The number of rotatable bonds is 4. The van der Waals surface area contributed by atoms with Crippen molar-refractivity contribution in [1.29, 1.82) is 0 Å². The van der Waals surface area contributed by atoms with E-state index in [4.69, 9.17) is 14.2 Å². The maximum absolute atomic E-state index is 5.63. The molecule has 15 heavy (non-hydrogen) atoms. The van der Waals surface area contributed by atoms with E-state index >= 15 is 0 Å². The van der Waals surface area contributed by atoms with Crippen molar-refractivity contribution in [2.45, 2.75) is 26.9 Å². The highest BCUT2D eigenvalue weighted by molar-refractivity contribution is 5.55. The van der Waals surface area contributed by atoms with Gasteiger partial charge in [0.25, 0.3) is 0 Å². The molecule has 3 heteroatoms. The van der Waals surface area contributed by atoms with Gasteiger partial charge in [0.15, 0.2) is 11.5 Å². The number of benzene rings is 1. The Morgan fingerprint density at radius 2 is 1.60 bits per heavy atom. The average molecular weight is 210 g/mol. The molecule has 0 saturated heterocycles. The van der Waals surface area contributed by atoms with Gasteiger partial charge in [-0.05, 0) is 32.4 Å². The topological polar surface area (TPSA) is 27.7 Å². The zero-order valence-electron chi connectivity index (χ0n) is 9.96. The van der Waals surface area contributed by atoms with E-state index in [2.05, 4.69) is 0 Å². The van der Waals surface area contributed by atoms with Crippen molar-refractivity contribution in [1.82, 2.24) is 0 Å². The van der Waals surface area contributed by atoms with E-state index < -0.39 is 0 Å². The minimum Gasteiger partial charge on any atom is -0.492 e. The van der Waals surface area contributed by atoms with Crippen LogP contribution in [0.15, 0.2) is 12.1 Å². The van der Waals surface area contributed by atoms with E-state index in [1.54, 1.807) is 14.2 Å². The summed E-state index contributed by atoms with van der Waals surface area (Å²) >= 11 is 0. The fourth-order valence-corrected chi connectivity index (χ4v) is 1.44. The standard InChI is InChI=1S/C12H18O3/c1-8(2)15-10-7-6-9(3)11(13-4)12(10)14-5/h6-8H,1-5H3. The fraction of sp³-hybridized carbons (Fsp3) is 0.500. The number of hydrogen-bond donors (Lipinski definition) is 0. The van der Waals surface area contributed by atoms with Gasteiger partial charge < -0.3 is 14.2 Å². The van der Waals surface area contributed by atoms with Crippen molar-refractivity contribution in [3.8, 4) is 17.2 Å². The molecule has 0 bridgehead atoms. The molecule has 0 fully saturated rings. The molecule has 0 N–H and O–H groups in total. The first-order chi connectivity index (χ1) is 7.10. The molecule has 84 valence electrons. The van der Waals surface area contributed by atoms with E-state index in [1.807, 2.05) is 32.9 Å². The Bertz CT molecular complexity index is 332. The third-order valence-corrected chi connectivity index (χ3v) is 2.04. The molecule has 1 rings (SSSR count). The first kappa shape index (κ1) is 11.7. The second kappa shape index (κ2) is 4.91. The lowest BCUT2D eigenvalue weighted by molar-refractivity contribution is 0.226. The highest BCUT2D eigenvalue weighted by atomic mass is 16.5. The Labute approximate surface area is 91.0 Å². The SMILES string of the molecule is COc1c(C)ccc(OC(C)C)c1OC. The second-order valence-corrected chi connectivity index (χ2v) is 3.61. The van der Waals surface area contributed by atoms with Crippen molar-refractivity contribution in [2.24, 2.45) is 0 Å². The zero-order chi connectivity index (χ0) is 11.4. The highest BCUT2D eigenvalue weighted by Crippen LogP contribution is 2.39. The molecular weight excluding hydrogens is 192 g/mol. The molecule has 3 nitrogen and oxygen atoms in total. The molecule has 0 aliphatic carbocycles. The quantitative estimate of drug-likeness (QED) is 0.764. The summed E-state index contributed by atoms with van der Waals surface area (Å²) in [4.78, 5) is 0. The molecule has 0 saturated carbocycles. The maximum Gasteiger partial charge on any atom is 0.203 e. The number of aryl methyl sites for hydroxylation is 1. The van der Waals surface area contributed by atoms with Crippen LogP contribution in [0.1, 0.15) is 19.4 Å². The Balaban J connectivity index is 3.16. The number of methoxy groups -OCH3 is 2. The molecular formula is C12H18O3. The predicted octanol–water partition coefficient (Wildman–Crippen LogP) is 2.80. The van der Waals surface area contributed by atoms with Gasteiger partial charge in [-0.15, -0.1) is 0 Å². The predicted molar refractivity (Wildman–Crippen MR) is 60.0 cm³/mol. The Kier molecular flexibility index (Phi) is 3.83. The van der Waals surface area contributed by atoms with Crippen molar-refractivity contribution in [2.75, 3.05) is 14.2 Å². The smallest absolute Gasteiger partial charge is 0.203 e. The van der Waals surface area contributed by atoms with E-state index in [9.17, 15) is 0 Å². The number of ether oxygens (including phenoxy) is 3. The molecule has 0 amide bonds. The fourth-order valence-electron chi connectivity index (χ4n) is 1.44. The molecule has 1 aromatic rings. The average Bonchev–Trinajstić information content (AvgIpc) is 2.19. The summed E-state index contributed by atoms with van der Waals surface area (Å²) in [6.45, 7) is 5.93. The van der Waals surface area contributed by atoms with Gasteiger partial charge in [-0.3, -0.25) is 0 Å². The van der Waals surface area contributed by atoms with Gasteiger partial charge in [-0.1, -0.05) is 6.07 Å². The minimum absolute atomic E-state index is 0.117.